The quantitative estimate of drug-likeness (QED) is 0.638. The summed E-state index contributed by atoms with van der Waals surface area (Å²) >= 11 is 1.23. The van der Waals surface area contributed by atoms with Gasteiger partial charge >= 0.3 is 5.97 Å². The third kappa shape index (κ3) is 2.09. The van der Waals surface area contributed by atoms with E-state index in [2.05, 4.69) is 0 Å². The summed E-state index contributed by atoms with van der Waals surface area (Å²) in [7, 11) is 6.66. The number of carbonyl (C=O) groups is 3. The number of carboxylic acid groups (broad SMARTS) is 1. The molecule has 2 rings (SSSR count). The first-order valence-electron chi connectivity index (χ1n) is 5.04. The van der Waals surface area contributed by atoms with E-state index in [1.165, 1.54) is 29.4 Å². The lowest BCUT2D eigenvalue weighted by atomic mass is 9.97. The van der Waals surface area contributed by atoms with Gasteiger partial charge in [-0.15, -0.1) is 11.3 Å². The molecule has 1 aromatic rings. The van der Waals surface area contributed by atoms with E-state index in [-0.39, 0.29) is 12.0 Å². The predicted molar refractivity (Wildman–Crippen MR) is 68.2 cm³/mol. The van der Waals surface area contributed by atoms with Crippen LogP contribution in [0.3, 0.4) is 0 Å². The fourth-order valence-corrected chi connectivity index (χ4v) is 2.72. The van der Waals surface area contributed by atoms with Gasteiger partial charge in [0.15, 0.2) is 11.6 Å². The molecular weight excluding hydrogens is 253 g/mol. The second-order valence-electron chi connectivity index (χ2n) is 3.83. The van der Waals surface area contributed by atoms with Gasteiger partial charge in [-0.25, -0.2) is 4.79 Å². The molecule has 0 atom stereocenters. The minimum atomic E-state index is -1.23. The fraction of sp³-hybridized carbons (Fsp3) is 0.182. The average molecular weight is 261 g/mol. The van der Waals surface area contributed by atoms with Crippen LogP contribution in [0.25, 0.3) is 6.08 Å². The molecular formula is C11H8BNO4S. The van der Waals surface area contributed by atoms with Gasteiger partial charge in [0.1, 0.15) is 5.57 Å². The molecule has 0 saturated heterocycles. The van der Waals surface area contributed by atoms with E-state index in [1.54, 1.807) is 6.07 Å². The van der Waals surface area contributed by atoms with Crippen molar-refractivity contribution in [2.24, 2.45) is 0 Å². The standard InChI is InChI=1S/C11H8BNO4S/c1-13(11(12)17)9-3-5-2-7(14)6(10(15)16)4-8(5)18-9/h3-4H,2H2,1H3,(H,15,16). The van der Waals surface area contributed by atoms with Crippen molar-refractivity contribution in [2.75, 3.05) is 11.9 Å². The minimum Gasteiger partial charge on any atom is -0.478 e. The predicted octanol–water partition coefficient (Wildman–Crippen LogP) is 1.07. The van der Waals surface area contributed by atoms with Crippen molar-refractivity contribution < 1.29 is 19.5 Å². The zero-order chi connectivity index (χ0) is 13.4. The van der Waals surface area contributed by atoms with E-state index in [0.29, 0.717) is 9.88 Å². The first-order chi connectivity index (χ1) is 8.40. The summed E-state index contributed by atoms with van der Waals surface area (Å²) in [5.74, 6) is -2.27. The molecule has 1 aliphatic carbocycles. The largest absolute Gasteiger partial charge is 0.478 e. The normalized spacial score (nSPS) is 13.8. The Balaban J connectivity index is 2.43. The number of hydrogen-bond donors (Lipinski definition) is 1. The van der Waals surface area contributed by atoms with Crippen molar-refractivity contribution in [1.82, 2.24) is 0 Å². The molecule has 1 aromatic heterocycles. The fourth-order valence-electron chi connectivity index (χ4n) is 1.62. The molecule has 7 heteroatoms. The number of aliphatic carboxylic acids is 1. The highest BCUT2D eigenvalue weighted by molar-refractivity contribution is 7.17. The maximum absolute atomic E-state index is 11.6. The summed E-state index contributed by atoms with van der Waals surface area (Å²) < 4.78 is 0. The first kappa shape index (κ1) is 12.6. The molecule has 1 heterocycles. The molecule has 2 radical (unpaired) electrons. The zero-order valence-electron chi connectivity index (χ0n) is 9.47. The van der Waals surface area contributed by atoms with E-state index in [9.17, 15) is 14.4 Å². The van der Waals surface area contributed by atoms with E-state index < -0.39 is 17.6 Å². The number of ketones is 1. The summed E-state index contributed by atoms with van der Waals surface area (Å²) in [5.41, 5.74) is 0.496. The van der Waals surface area contributed by atoms with Gasteiger partial charge in [-0.3, -0.25) is 9.59 Å². The monoisotopic (exact) mass is 261 g/mol. The molecule has 0 saturated carbocycles. The molecule has 90 valence electrons. The van der Waals surface area contributed by atoms with Crippen molar-refractivity contribution in [3.63, 3.8) is 0 Å². The van der Waals surface area contributed by atoms with Crippen LogP contribution in [0, 0.1) is 0 Å². The lowest BCUT2D eigenvalue weighted by Crippen LogP contribution is -2.23. The molecule has 1 aliphatic rings. The Morgan fingerprint density at radius 3 is 2.72 bits per heavy atom. The summed E-state index contributed by atoms with van der Waals surface area (Å²) in [5, 5.41) is 9.46. The molecule has 0 aliphatic heterocycles. The van der Waals surface area contributed by atoms with Gasteiger partial charge in [0, 0.05) is 18.3 Å². The topological polar surface area (TPSA) is 74.7 Å². The van der Waals surface area contributed by atoms with E-state index in [4.69, 9.17) is 13.0 Å². The number of carbonyl (C=O) groups excluding carboxylic acids is 2. The number of carboxylic acids is 1. The molecule has 5 nitrogen and oxygen atoms in total. The van der Waals surface area contributed by atoms with Crippen LogP contribution in [-0.2, 0) is 16.0 Å². The van der Waals surface area contributed by atoms with Crippen molar-refractivity contribution in [1.29, 1.82) is 0 Å². The highest BCUT2D eigenvalue weighted by atomic mass is 32.1. The van der Waals surface area contributed by atoms with Crippen molar-refractivity contribution >= 4 is 47.8 Å². The Morgan fingerprint density at radius 1 is 1.50 bits per heavy atom. The van der Waals surface area contributed by atoms with Crippen LogP contribution in [-0.4, -0.2) is 37.6 Å². The van der Waals surface area contributed by atoms with Crippen LogP contribution in [0.2, 0.25) is 0 Å². The number of anilines is 1. The van der Waals surface area contributed by atoms with E-state index >= 15 is 0 Å². The summed E-state index contributed by atoms with van der Waals surface area (Å²) in [6.07, 6.45) is 1.38. The number of hydrogen-bond acceptors (Lipinski definition) is 4. The lowest BCUT2D eigenvalue weighted by molar-refractivity contribution is -0.134. The van der Waals surface area contributed by atoms with Crippen LogP contribution in [0.1, 0.15) is 10.4 Å². The van der Waals surface area contributed by atoms with Gasteiger partial charge in [0.05, 0.1) is 5.00 Å². The number of rotatable bonds is 2. The molecule has 0 fully saturated rings. The van der Waals surface area contributed by atoms with Gasteiger partial charge in [-0.1, -0.05) is 0 Å². The lowest BCUT2D eigenvalue weighted by Gasteiger charge is -2.11. The Kier molecular flexibility index (Phi) is 3.08. The molecule has 1 N–H and O–H groups in total. The van der Waals surface area contributed by atoms with Crippen molar-refractivity contribution in [3.8, 4) is 0 Å². The molecule has 0 bridgehead atoms. The van der Waals surface area contributed by atoms with Gasteiger partial charge in [-0.05, 0) is 17.7 Å². The highest BCUT2D eigenvalue weighted by Gasteiger charge is 2.26. The number of fused-ring (bicyclic) bond motifs is 1. The summed E-state index contributed by atoms with van der Waals surface area (Å²) in [6.45, 7) is 0. The number of thiophene rings is 1. The van der Waals surface area contributed by atoms with Gasteiger partial charge in [0.25, 0.3) is 0 Å². The van der Waals surface area contributed by atoms with Gasteiger partial charge in [0.2, 0.25) is 7.85 Å². The number of amides is 1. The van der Waals surface area contributed by atoms with Crippen molar-refractivity contribution in [3.05, 3.63) is 22.1 Å². The third-order valence-corrected chi connectivity index (χ3v) is 3.85. The van der Waals surface area contributed by atoms with E-state index in [1.807, 2.05) is 0 Å². The maximum Gasteiger partial charge on any atom is 0.339 e. The SMILES string of the molecule is [B]C(=O)N(C)c1cc2c(s1)C=C(C(=O)O)C(=O)C2. The van der Waals surface area contributed by atoms with Crippen LogP contribution < -0.4 is 4.90 Å². The molecule has 0 spiro atoms. The van der Waals surface area contributed by atoms with Gasteiger partial charge in [-0.2, -0.15) is 0 Å². The smallest absolute Gasteiger partial charge is 0.339 e. The Hall–Kier alpha value is -1.89. The average Bonchev–Trinajstić information content (AvgIpc) is 2.68. The zero-order valence-corrected chi connectivity index (χ0v) is 10.3. The molecule has 0 aromatic carbocycles. The Bertz CT molecular complexity index is 590. The minimum absolute atomic E-state index is 0.0383. The third-order valence-electron chi connectivity index (χ3n) is 2.65. The van der Waals surface area contributed by atoms with E-state index in [0.717, 1.165) is 5.56 Å². The second kappa shape index (κ2) is 4.42. The first-order valence-corrected chi connectivity index (χ1v) is 5.86. The highest BCUT2D eigenvalue weighted by Crippen LogP contribution is 2.34. The van der Waals surface area contributed by atoms with Crippen LogP contribution >= 0.6 is 11.3 Å². The number of Topliss-reactive ketones (excluding diaryl/α,β-unsaturated/α-hetero) is 1. The van der Waals surface area contributed by atoms with Crippen LogP contribution in [0.5, 0.6) is 0 Å². The van der Waals surface area contributed by atoms with Crippen molar-refractivity contribution in [2.45, 2.75) is 6.42 Å². The molecule has 1 amide bonds. The summed E-state index contributed by atoms with van der Waals surface area (Å²) in [4.78, 5) is 35.4. The Morgan fingerprint density at radius 2 is 2.17 bits per heavy atom. The molecule has 18 heavy (non-hydrogen) atoms. The Labute approximate surface area is 108 Å². The second-order valence-corrected chi connectivity index (χ2v) is 4.90. The van der Waals surface area contributed by atoms with Crippen LogP contribution in [0.15, 0.2) is 11.6 Å². The van der Waals surface area contributed by atoms with Gasteiger partial charge < -0.3 is 10.0 Å². The molecule has 0 unspecified atom stereocenters. The number of nitrogens with zero attached hydrogens (tertiary/aromatic N) is 1. The summed E-state index contributed by atoms with van der Waals surface area (Å²) in [6, 6.07) is 1.68. The maximum atomic E-state index is 11.6. The van der Waals surface area contributed by atoms with Crippen LogP contribution in [0.4, 0.5) is 9.80 Å².